The number of nitro benzene ring substituents is 1. The summed E-state index contributed by atoms with van der Waals surface area (Å²) >= 11 is 0. The topological polar surface area (TPSA) is 81.5 Å². The summed E-state index contributed by atoms with van der Waals surface area (Å²) in [6.45, 7) is 0.0708. The summed E-state index contributed by atoms with van der Waals surface area (Å²) < 4.78 is 4.94. The molecule has 6 nitrogen and oxygen atoms in total. The third-order valence-corrected chi connectivity index (χ3v) is 2.76. The Hall–Kier alpha value is -3.15. The fraction of sp³-hybridized carbons (Fsp3) is 0.0625. The number of anilines is 1. The van der Waals surface area contributed by atoms with Crippen molar-refractivity contribution in [3.05, 3.63) is 76.4 Å². The lowest BCUT2D eigenvalue weighted by molar-refractivity contribution is -0.383. The Morgan fingerprint density at radius 2 is 1.82 bits per heavy atom. The molecule has 2 aromatic rings. The normalized spacial score (nSPS) is 10.4. The molecule has 112 valence electrons. The number of nitrogens with one attached hydrogen (secondary N) is 1. The summed E-state index contributed by atoms with van der Waals surface area (Å²) in [6, 6.07) is 15.4. The van der Waals surface area contributed by atoms with Crippen molar-refractivity contribution in [2.24, 2.45) is 0 Å². The molecule has 2 rings (SSSR count). The molecule has 0 unspecified atom stereocenters. The van der Waals surface area contributed by atoms with Crippen LogP contribution in [0.2, 0.25) is 0 Å². The number of carbonyl (C=O) groups excluding carboxylic acids is 1. The zero-order chi connectivity index (χ0) is 15.8. The minimum absolute atomic E-state index is 0.0708. The second kappa shape index (κ2) is 7.58. The predicted molar refractivity (Wildman–Crippen MR) is 83.5 cm³/mol. The number of nitrogens with zero attached hydrogens (tertiary/aromatic N) is 1. The molecule has 0 aliphatic rings. The smallest absolute Gasteiger partial charge is 0.412 e. The highest BCUT2D eigenvalue weighted by molar-refractivity contribution is 5.87. The number of ether oxygens (including phenoxy) is 1. The van der Waals surface area contributed by atoms with E-state index in [1.54, 1.807) is 12.1 Å². The first-order chi connectivity index (χ1) is 10.7. The van der Waals surface area contributed by atoms with Crippen LogP contribution in [0, 0.1) is 10.1 Å². The Kier molecular flexibility index (Phi) is 5.25. The maximum Gasteiger partial charge on any atom is 0.412 e. The lowest BCUT2D eigenvalue weighted by Crippen LogP contribution is -2.14. The molecule has 0 heterocycles. The number of para-hydroxylation sites is 2. The van der Waals surface area contributed by atoms with Crippen molar-refractivity contribution in [2.45, 2.75) is 0 Å². The highest BCUT2D eigenvalue weighted by atomic mass is 16.6. The quantitative estimate of drug-likeness (QED) is 0.671. The van der Waals surface area contributed by atoms with Crippen molar-refractivity contribution < 1.29 is 14.5 Å². The molecule has 0 aliphatic heterocycles. The number of hydrogen-bond donors (Lipinski definition) is 1. The zero-order valence-corrected chi connectivity index (χ0v) is 11.6. The molecule has 0 aromatic heterocycles. The molecule has 0 saturated carbocycles. The van der Waals surface area contributed by atoms with Gasteiger partial charge in [0.05, 0.1) is 4.92 Å². The molecule has 0 saturated heterocycles. The second-order valence-corrected chi connectivity index (χ2v) is 4.31. The monoisotopic (exact) mass is 298 g/mol. The van der Waals surface area contributed by atoms with Crippen molar-refractivity contribution in [3.63, 3.8) is 0 Å². The highest BCUT2D eigenvalue weighted by Crippen LogP contribution is 2.23. The van der Waals surface area contributed by atoms with E-state index in [-0.39, 0.29) is 18.0 Å². The molecule has 0 aliphatic carbocycles. The van der Waals surface area contributed by atoms with Gasteiger partial charge >= 0.3 is 6.09 Å². The van der Waals surface area contributed by atoms with Gasteiger partial charge in [-0.25, -0.2) is 4.79 Å². The van der Waals surface area contributed by atoms with Crippen LogP contribution in [0.3, 0.4) is 0 Å². The van der Waals surface area contributed by atoms with Crippen molar-refractivity contribution in [2.75, 3.05) is 11.9 Å². The van der Waals surface area contributed by atoms with Gasteiger partial charge in [0.2, 0.25) is 0 Å². The molecule has 0 spiro atoms. The third-order valence-electron chi connectivity index (χ3n) is 2.76. The summed E-state index contributed by atoms with van der Waals surface area (Å²) in [5.41, 5.74) is 0.911. The molecule has 1 N–H and O–H groups in total. The van der Waals surface area contributed by atoms with Crippen LogP contribution < -0.4 is 5.32 Å². The average molecular weight is 298 g/mol. The lowest BCUT2D eigenvalue weighted by Gasteiger charge is -2.05. The van der Waals surface area contributed by atoms with Gasteiger partial charge in [0.15, 0.2) is 0 Å². The Balaban J connectivity index is 1.86. The van der Waals surface area contributed by atoms with Crippen molar-refractivity contribution in [3.8, 4) is 0 Å². The fourth-order valence-corrected chi connectivity index (χ4v) is 1.76. The van der Waals surface area contributed by atoms with E-state index in [1.165, 1.54) is 18.2 Å². The van der Waals surface area contributed by atoms with Gasteiger partial charge in [-0.05, 0) is 17.7 Å². The van der Waals surface area contributed by atoms with E-state index >= 15 is 0 Å². The van der Waals surface area contributed by atoms with Crippen LogP contribution in [-0.2, 0) is 4.74 Å². The van der Waals surface area contributed by atoms with E-state index in [4.69, 9.17) is 4.74 Å². The Bertz CT molecular complexity index is 684. The van der Waals surface area contributed by atoms with Crippen molar-refractivity contribution in [1.82, 2.24) is 0 Å². The Morgan fingerprint density at radius 1 is 1.14 bits per heavy atom. The summed E-state index contributed by atoms with van der Waals surface area (Å²) in [5, 5.41) is 13.2. The molecule has 0 bridgehead atoms. The number of benzene rings is 2. The Morgan fingerprint density at radius 3 is 2.55 bits per heavy atom. The predicted octanol–water partition coefficient (Wildman–Crippen LogP) is 3.86. The highest BCUT2D eigenvalue weighted by Gasteiger charge is 2.14. The minimum Gasteiger partial charge on any atom is -0.445 e. The van der Waals surface area contributed by atoms with Gasteiger partial charge in [-0.3, -0.25) is 15.4 Å². The minimum atomic E-state index is -0.744. The molecule has 22 heavy (non-hydrogen) atoms. The summed E-state index contributed by atoms with van der Waals surface area (Å²) in [4.78, 5) is 21.9. The number of nitro groups is 1. The largest absolute Gasteiger partial charge is 0.445 e. The molecular weight excluding hydrogens is 284 g/mol. The molecule has 0 fully saturated rings. The summed E-state index contributed by atoms with van der Waals surface area (Å²) in [6.07, 6.45) is 2.76. The first kappa shape index (κ1) is 15.2. The molecule has 6 heteroatoms. The van der Waals surface area contributed by atoms with Crippen LogP contribution in [0.1, 0.15) is 5.56 Å². The van der Waals surface area contributed by atoms with Crippen LogP contribution in [-0.4, -0.2) is 17.6 Å². The van der Waals surface area contributed by atoms with Gasteiger partial charge in [0, 0.05) is 6.07 Å². The molecule has 0 radical (unpaired) electrons. The van der Waals surface area contributed by atoms with Crippen LogP contribution in [0.5, 0.6) is 0 Å². The van der Waals surface area contributed by atoms with E-state index in [0.717, 1.165) is 5.56 Å². The van der Waals surface area contributed by atoms with Crippen molar-refractivity contribution >= 4 is 23.5 Å². The van der Waals surface area contributed by atoms with E-state index < -0.39 is 11.0 Å². The maximum atomic E-state index is 11.6. The van der Waals surface area contributed by atoms with Gasteiger partial charge in [-0.15, -0.1) is 0 Å². The first-order valence-corrected chi connectivity index (χ1v) is 6.55. The van der Waals surface area contributed by atoms with Gasteiger partial charge in [0.1, 0.15) is 12.3 Å². The lowest BCUT2D eigenvalue weighted by atomic mass is 10.2. The van der Waals surface area contributed by atoms with E-state index in [9.17, 15) is 14.9 Å². The van der Waals surface area contributed by atoms with E-state index in [0.29, 0.717) is 0 Å². The van der Waals surface area contributed by atoms with Crippen molar-refractivity contribution in [1.29, 1.82) is 0 Å². The summed E-state index contributed by atoms with van der Waals surface area (Å²) in [5.74, 6) is 0. The van der Waals surface area contributed by atoms with E-state index in [1.807, 2.05) is 36.4 Å². The standard InChI is InChI=1S/C16H14N2O4/c19-16(17-14-10-4-5-11-15(14)18(20)21)22-12-6-9-13-7-2-1-3-8-13/h1-11H,12H2,(H,17,19). The van der Waals surface area contributed by atoms with E-state index in [2.05, 4.69) is 5.32 Å². The molecule has 2 aromatic carbocycles. The van der Waals surface area contributed by atoms with Gasteiger partial charge in [0.25, 0.3) is 5.69 Å². The maximum absolute atomic E-state index is 11.6. The number of hydrogen-bond acceptors (Lipinski definition) is 4. The van der Waals surface area contributed by atoms with Crippen LogP contribution in [0.15, 0.2) is 60.7 Å². The van der Waals surface area contributed by atoms with Crippen LogP contribution >= 0.6 is 0 Å². The first-order valence-electron chi connectivity index (χ1n) is 6.55. The Labute approximate surface area is 127 Å². The molecular formula is C16H14N2O4. The van der Waals surface area contributed by atoms with Crippen LogP contribution in [0.4, 0.5) is 16.2 Å². The third kappa shape index (κ3) is 4.45. The molecule has 0 atom stereocenters. The second-order valence-electron chi connectivity index (χ2n) is 4.31. The van der Waals surface area contributed by atoms with Gasteiger partial charge in [-0.1, -0.05) is 48.5 Å². The zero-order valence-electron chi connectivity index (χ0n) is 11.6. The van der Waals surface area contributed by atoms with Crippen LogP contribution in [0.25, 0.3) is 6.08 Å². The molecule has 1 amide bonds. The fourth-order valence-electron chi connectivity index (χ4n) is 1.76. The average Bonchev–Trinajstić information content (AvgIpc) is 2.53. The number of carbonyl (C=O) groups is 1. The summed E-state index contributed by atoms with van der Waals surface area (Å²) in [7, 11) is 0. The number of rotatable bonds is 5. The number of amides is 1. The van der Waals surface area contributed by atoms with Gasteiger partial charge < -0.3 is 4.74 Å². The SMILES string of the molecule is O=C(Nc1ccccc1[N+](=O)[O-])OCC=Cc1ccccc1. The van der Waals surface area contributed by atoms with Gasteiger partial charge in [-0.2, -0.15) is 0 Å².